The molecule has 2 heterocycles. The van der Waals surface area contributed by atoms with Gasteiger partial charge in [0.15, 0.2) is 5.76 Å². The Morgan fingerprint density at radius 2 is 2.43 bits per heavy atom. The van der Waals surface area contributed by atoms with Crippen molar-refractivity contribution in [1.29, 1.82) is 0 Å². The summed E-state index contributed by atoms with van der Waals surface area (Å²) in [7, 11) is 0. The third-order valence-electron chi connectivity index (χ3n) is 1.68. The van der Waals surface area contributed by atoms with Crippen molar-refractivity contribution in [3.63, 3.8) is 0 Å². The van der Waals surface area contributed by atoms with Gasteiger partial charge in [-0.05, 0) is 15.9 Å². The first-order valence-electron chi connectivity index (χ1n) is 3.69. The van der Waals surface area contributed by atoms with Gasteiger partial charge in [0.1, 0.15) is 17.5 Å². The fourth-order valence-electron chi connectivity index (χ4n) is 1.08. The van der Waals surface area contributed by atoms with Gasteiger partial charge >= 0.3 is 5.97 Å². The summed E-state index contributed by atoms with van der Waals surface area (Å²) in [5.74, 6) is -0.604. The molecule has 0 radical (unpaired) electrons. The molecule has 0 bridgehead atoms. The minimum absolute atomic E-state index is 0.0897. The predicted octanol–water partition coefficient (Wildman–Crippen LogP) is 2.13. The molecule has 0 aliphatic carbocycles. The highest BCUT2D eigenvalue weighted by molar-refractivity contribution is 9.10. The minimum atomic E-state index is -1.04. The van der Waals surface area contributed by atoms with Gasteiger partial charge in [0.2, 0.25) is 0 Å². The molecule has 2 aromatic heterocycles. The lowest BCUT2D eigenvalue weighted by Crippen LogP contribution is -1.95. The van der Waals surface area contributed by atoms with Crippen LogP contribution in [0.5, 0.6) is 0 Å². The molecular formula is C8H5BrN2O3. The normalized spacial score (nSPS) is 10.4. The smallest absolute Gasteiger partial charge is 0.339 e. The Hall–Kier alpha value is -1.56. The second-order valence-corrected chi connectivity index (χ2v) is 3.51. The molecule has 0 amide bonds. The van der Waals surface area contributed by atoms with Crippen LogP contribution >= 0.6 is 15.9 Å². The van der Waals surface area contributed by atoms with Gasteiger partial charge in [-0.25, -0.2) is 4.79 Å². The molecule has 0 fully saturated rings. The van der Waals surface area contributed by atoms with Gasteiger partial charge in [-0.3, -0.25) is 5.10 Å². The predicted molar refractivity (Wildman–Crippen MR) is 50.9 cm³/mol. The largest absolute Gasteiger partial charge is 0.478 e. The van der Waals surface area contributed by atoms with E-state index in [1.807, 2.05) is 0 Å². The topological polar surface area (TPSA) is 79.1 Å². The summed E-state index contributed by atoms with van der Waals surface area (Å²) >= 11 is 3.20. The zero-order valence-corrected chi connectivity index (χ0v) is 8.41. The number of hydrogen-bond donors (Lipinski definition) is 2. The zero-order chi connectivity index (χ0) is 10.1. The maximum absolute atomic E-state index is 10.7. The molecule has 0 aliphatic rings. The number of carbonyl (C=O) groups is 1. The average Bonchev–Trinajstić information content (AvgIpc) is 2.70. The molecule has 14 heavy (non-hydrogen) atoms. The molecule has 0 aliphatic heterocycles. The monoisotopic (exact) mass is 256 g/mol. The number of halogens is 1. The van der Waals surface area contributed by atoms with Crippen molar-refractivity contribution in [2.24, 2.45) is 0 Å². The molecule has 0 saturated carbocycles. The average molecular weight is 257 g/mol. The zero-order valence-electron chi connectivity index (χ0n) is 6.82. The second kappa shape index (κ2) is 3.30. The van der Waals surface area contributed by atoms with Gasteiger partial charge < -0.3 is 9.52 Å². The van der Waals surface area contributed by atoms with Crippen molar-refractivity contribution < 1.29 is 14.3 Å². The second-order valence-electron chi connectivity index (χ2n) is 2.59. The molecule has 2 N–H and O–H groups in total. The van der Waals surface area contributed by atoms with Gasteiger partial charge in [-0.2, -0.15) is 5.10 Å². The standard InChI is InChI=1S/C8H5BrN2O3/c9-4-1-6(14-3-4)7-5(8(12)13)2-10-11-7/h1-3H,(H,10,11)(H,12,13). The van der Waals surface area contributed by atoms with E-state index in [9.17, 15) is 4.79 Å². The number of aromatic amines is 1. The lowest BCUT2D eigenvalue weighted by Gasteiger charge is -1.92. The van der Waals surface area contributed by atoms with Crippen molar-refractivity contribution in [1.82, 2.24) is 10.2 Å². The van der Waals surface area contributed by atoms with Crippen LogP contribution in [0.25, 0.3) is 11.5 Å². The van der Waals surface area contributed by atoms with Gasteiger partial charge in [0.05, 0.1) is 10.7 Å². The molecule has 0 unspecified atom stereocenters. The van der Waals surface area contributed by atoms with Crippen molar-refractivity contribution in [2.45, 2.75) is 0 Å². The summed E-state index contributed by atoms with van der Waals surface area (Å²) in [6.07, 6.45) is 2.72. The molecule has 6 heteroatoms. The molecule has 72 valence electrons. The molecule has 0 aromatic carbocycles. The Bertz CT molecular complexity index is 474. The fraction of sp³-hybridized carbons (Fsp3) is 0. The number of nitrogens with zero attached hydrogens (tertiary/aromatic N) is 1. The number of carboxylic acids is 1. The van der Waals surface area contributed by atoms with E-state index in [-0.39, 0.29) is 5.56 Å². The lowest BCUT2D eigenvalue weighted by molar-refractivity contribution is 0.0697. The van der Waals surface area contributed by atoms with E-state index >= 15 is 0 Å². The number of aromatic carboxylic acids is 1. The van der Waals surface area contributed by atoms with E-state index < -0.39 is 5.97 Å². The first kappa shape index (κ1) is 9.01. The summed E-state index contributed by atoms with van der Waals surface area (Å²) in [6, 6.07) is 1.67. The number of hydrogen-bond acceptors (Lipinski definition) is 3. The molecule has 5 nitrogen and oxygen atoms in total. The van der Waals surface area contributed by atoms with Gasteiger partial charge in [0.25, 0.3) is 0 Å². The van der Waals surface area contributed by atoms with Crippen LogP contribution in [-0.4, -0.2) is 21.3 Å². The molecule has 2 aromatic rings. The van der Waals surface area contributed by atoms with Crippen LogP contribution in [0.3, 0.4) is 0 Å². The number of furan rings is 1. The van der Waals surface area contributed by atoms with Crippen LogP contribution < -0.4 is 0 Å². The molecule has 2 rings (SSSR count). The van der Waals surface area contributed by atoms with E-state index in [1.165, 1.54) is 12.5 Å². The molecule has 0 atom stereocenters. The Kier molecular flexibility index (Phi) is 2.12. The van der Waals surface area contributed by atoms with Crippen molar-refractivity contribution >= 4 is 21.9 Å². The quantitative estimate of drug-likeness (QED) is 0.863. The summed E-state index contributed by atoms with van der Waals surface area (Å²) in [5, 5.41) is 15.0. The van der Waals surface area contributed by atoms with Crippen LogP contribution in [0.15, 0.2) is 27.4 Å². The Labute approximate surface area is 86.9 Å². The highest BCUT2D eigenvalue weighted by Gasteiger charge is 2.16. The Morgan fingerprint density at radius 1 is 1.64 bits per heavy atom. The van der Waals surface area contributed by atoms with E-state index in [4.69, 9.17) is 9.52 Å². The number of nitrogens with one attached hydrogen (secondary N) is 1. The maximum Gasteiger partial charge on any atom is 0.339 e. The van der Waals surface area contributed by atoms with Crippen LogP contribution in [0.1, 0.15) is 10.4 Å². The summed E-state index contributed by atoms with van der Waals surface area (Å²) in [6.45, 7) is 0. The van der Waals surface area contributed by atoms with E-state index in [0.29, 0.717) is 11.5 Å². The molecular weight excluding hydrogens is 252 g/mol. The third-order valence-corrected chi connectivity index (χ3v) is 2.10. The van der Waals surface area contributed by atoms with Crippen LogP contribution in [0.4, 0.5) is 0 Å². The molecule has 0 saturated heterocycles. The van der Waals surface area contributed by atoms with Gasteiger partial charge in [0, 0.05) is 6.07 Å². The summed E-state index contributed by atoms with van der Waals surface area (Å²) < 4.78 is 5.87. The van der Waals surface area contributed by atoms with Crippen LogP contribution in [0, 0.1) is 0 Å². The lowest BCUT2D eigenvalue weighted by atomic mass is 10.2. The van der Waals surface area contributed by atoms with Gasteiger partial charge in [-0.1, -0.05) is 0 Å². The first-order valence-corrected chi connectivity index (χ1v) is 4.49. The summed E-state index contributed by atoms with van der Waals surface area (Å²) in [5.41, 5.74) is 0.454. The van der Waals surface area contributed by atoms with Crippen molar-refractivity contribution in [3.05, 3.63) is 28.6 Å². The van der Waals surface area contributed by atoms with Crippen LogP contribution in [-0.2, 0) is 0 Å². The third kappa shape index (κ3) is 1.44. The number of rotatable bonds is 2. The highest BCUT2D eigenvalue weighted by atomic mass is 79.9. The highest BCUT2D eigenvalue weighted by Crippen LogP contribution is 2.25. The van der Waals surface area contributed by atoms with Crippen molar-refractivity contribution in [2.75, 3.05) is 0 Å². The Morgan fingerprint density at radius 3 is 3.00 bits per heavy atom. The van der Waals surface area contributed by atoms with E-state index in [1.54, 1.807) is 6.07 Å². The van der Waals surface area contributed by atoms with Crippen molar-refractivity contribution in [3.8, 4) is 11.5 Å². The number of carboxylic acid groups (broad SMARTS) is 1. The maximum atomic E-state index is 10.7. The number of H-pyrrole nitrogens is 1. The summed E-state index contributed by atoms with van der Waals surface area (Å²) in [4.78, 5) is 10.7. The Balaban J connectivity index is 2.51. The van der Waals surface area contributed by atoms with E-state index in [2.05, 4.69) is 26.1 Å². The minimum Gasteiger partial charge on any atom is -0.478 e. The van der Waals surface area contributed by atoms with E-state index in [0.717, 1.165) is 4.47 Å². The SMILES string of the molecule is O=C(O)c1cn[nH]c1-c1cc(Br)co1. The van der Waals surface area contributed by atoms with Gasteiger partial charge in [-0.15, -0.1) is 0 Å². The number of aromatic nitrogens is 2. The first-order chi connectivity index (χ1) is 6.68. The van der Waals surface area contributed by atoms with Crippen LogP contribution in [0.2, 0.25) is 0 Å². The fourth-order valence-corrected chi connectivity index (χ4v) is 1.38. The molecule has 0 spiro atoms.